The maximum absolute atomic E-state index is 10.8. The van der Waals surface area contributed by atoms with Crippen LogP contribution in [0.15, 0.2) is 53.5 Å². The molecule has 0 aliphatic rings. The molecule has 0 heterocycles. The summed E-state index contributed by atoms with van der Waals surface area (Å²) >= 11 is 0. The Morgan fingerprint density at radius 2 is 1.86 bits per heavy atom. The standard InChI is InChI=1S/C17H19N3O2/c1-20(2)15-9-7-14(8-10-15)19-11-13-5-3-4-6-16(13)22-12-17(18)21/h3-11H,12H2,1-2H3,(H2,18,21). The lowest BCUT2D eigenvalue weighted by Crippen LogP contribution is -2.20. The van der Waals surface area contributed by atoms with Gasteiger partial charge in [0.05, 0.1) is 5.69 Å². The van der Waals surface area contributed by atoms with E-state index in [-0.39, 0.29) is 6.61 Å². The first kappa shape index (κ1) is 15.6. The minimum absolute atomic E-state index is 0.150. The topological polar surface area (TPSA) is 67.9 Å². The number of carbonyl (C=O) groups is 1. The van der Waals surface area contributed by atoms with Crippen molar-refractivity contribution in [3.05, 3.63) is 54.1 Å². The number of hydrogen-bond donors (Lipinski definition) is 1. The number of benzene rings is 2. The number of amides is 1. The normalized spacial score (nSPS) is 10.6. The van der Waals surface area contributed by atoms with Crippen LogP contribution in [0.4, 0.5) is 11.4 Å². The van der Waals surface area contributed by atoms with Crippen molar-refractivity contribution in [3.8, 4) is 5.75 Å². The van der Waals surface area contributed by atoms with Crippen molar-refractivity contribution in [2.45, 2.75) is 0 Å². The van der Waals surface area contributed by atoms with E-state index in [0.717, 1.165) is 16.9 Å². The summed E-state index contributed by atoms with van der Waals surface area (Å²) in [6.45, 7) is -0.150. The molecule has 0 fully saturated rings. The first-order valence-corrected chi connectivity index (χ1v) is 6.88. The molecule has 0 aliphatic heterocycles. The summed E-state index contributed by atoms with van der Waals surface area (Å²) in [7, 11) is 3.98. The van der Waals surface area contributed by atoms with Crippen molar-refractivity contribution >= 4 is 23.5 Å². The lowest BCUT2D eigenvalue weighted by atomic mass is 10.2. The Labute approximate surface area is 130 Å². The average Bonchev–Trinajstić information content (AvgIpc) is 2.52. The molecule has 2 aromatic carbocycles. The van der Waals surface area contributed by atoms with Gasteiger partial charge in [-0.05, 0) is 36.4 Å². The van der Waals surface area contributed by atoms with Gasteiger partial charge >= 0.3 is 0 Å². The monoisotopic (exact) mass is 297 g/mol. The van der Waals surface area contributed by atoms with Crippen molar-refractivity contribution in [2.24, 2.45) is 10.7 Å². The highest BCUT2D eigenvalue weighted by Gasteiger charge is 2.02. The smallest absolute Gasteiger partial charge is 0.255 e. The van der Waals surface area contributed by atoms with E-state index in [4.69, 9.17) is 10.5 Å². The van der Waals surface area contributed by atoms with Crippen molar-refractivity contribution in [1.29, 1.82) is 0 Å². The van der Waals surface area contributed by atoms with E-state index in [9.17, 15) is 4.79 Å². The number of para-hydroxylation sites is 1. The van der Waals surface area contributed by atoms with E-state index in [1.165, 1.54) is 0 Å². The molecular formula is C17H19N3O2. The maximum atomic E-state index is 10.8. The molecule has 0 spiro atoms. The molecule has 0 aliphatic carbocycles. The van der Waals surface area contributed by atoms with Gasteiger partial charge in [-0.15, -0.1) is 0 Å². The van der Waals surface area contributed by atoms with Crippen LogP contribution in [0.2, 0.25) is 0 Å². The van der Waals surface area contributed by atoms with Gasteiger partial charge in [0, 0.05) is 31.6 Å². The number of aliphatic imine (C=N–C) groups is 1. The molecule has 5 nitrogen and oxygen atoms in total. The summed E-state index contributed by atoms with van der Waals surface area (Å²) < 4.78 is 5.37. The SMILES string of the molecule is CN(C)c1ccc(N=Cc2ccccc2OCC(N)=O)cc1. The van der Waals surface area contributed by atoms with Gasteiger partial charge in [-0.1, -0.05) is 12.1 Å². The Hall–Kier alpha value is -2.82. The van der Waals surface area contributed by atoms with Crippen LogP contribution in [-0.2, 0) is 4.79 Å². The zero-order valence-corrected chi connectivity index (χ0v) is 12.7. The lowest BCUT2D eigenvalue weighted by Gasteiger charge is -2.11. The largest absolute Gasteiger partial charge is 0.483 e. The third kappa shape index (κ3) is 4.34. The number of ether oxygens (including phenoxy) is 1. The van der Waals surface area contributed by atoms with Crippen LogP contribution < -0.4 is 15.4 Å². The number of primary amides is 1. The van der Waals surface area contributed by atoms with E-state index < -0.39 is 5.91 Å². The molecule has 1 amide bonds. The second kappa shape index (κ2) is 7.26. The second-order valence-electron chi connectivity index (χ2n) is 4.96. The van der Waals surface area contributed by atoms with E-state index in [0.29, 0.717) is 5.75 Å². The van der Waals surface area contributed by atoms with Crippen LogP contribution in [-0.4, -0.2) is 32.8 Å². The number of hydrogen-bond acceptors (Lipinski definition) is 4. The number of nitrogens with two attached hydrogens (primary N) is 1. The lowest BCUT2D eigenvalue weighted by molar-refractivity contribution is -0.119. The minimum atomic E-state index is -0.508. The zero-order chi connectivity index (χ0) is 15.9. The van der Waals surface area contributed by atoms with Crippen LogP contribution in [0.5, 0.6) is 5.75 Å². The van der Waals surface area contributed by atoms with Crippen molar-refractivity contribution < 1.29 is 9.53 Å². The van der Waals surface area contributed by atoms with Gasteiger partial charge in [0.1, 0.15) is 5.75 Å². The van der Waals surface area contributed by atoms with Gasteiger partial charge in [-0.3, -0.25) is 9.79 Å². The Kier molecular flexibility index (Phi) is 5.14. The Morgan fingerprint density at radius 3 is 2.50 bits per heavy atom. The zero-order valence-electron chi connectivity index (χ0n) is 12.7. The van der Waals surface area contributed by atoms with Crippen LogP contribution >= 0.6 is 0 Å². The number of nitrogens with zero attached hydrogens (tertiary/aromatic N) is 2. The number of rotatable bonds is 6. The average molecular weight is 297 g/mol. The molecule has 22 heavy (non-hydrogen) atoms. The number of carbonyl (C=O) groups excluding carboxylic acids is 1. The summed E-state index contributed by atoms with van der Waals surface area (Å²) in [5, 5.41) is 0. The molecule has 0 aromatic heterocycles. The fourth-order valence-electron chi connectivity index (χ4n) is 1.85. The first-order chi connectivity index (χ1) is 10.6. The molecule has 2 rings (SSSR count). The molecule has 0 radical (unpaired) electrons. The molecule has 5 heteroatoms. The summed E-state index contributed by atoms with van der Waals surface area (Å²) in [6, 6.07) is 15.3. The van der Waals surface area contributed by atoms with Crippen LogP contribution in [0, 0.1) is 0 Å². The van der Waals surface area contributed by atoms with Gasteiger partial charge in [0.2, 0.25) is 0 Å². The quantitative estimate of drug-likeness (QED) is 0.832. The number of anilines is 1. The van der Waals surface area contributed by atoms with Crippen LogP contribution in [0.25, 0.3) is 0 Å². The maximum Gasteiger partial charge on any atom is 0.255 e. The van der Waals surface area contributed by atoms with Crippen molar-refractivity contribution in [1.82, 2.24) is 0 Å². The highest BCUT2D eigenvalue weighted by molar-refractivity contribution is 5.85. The van der Waals surface area contributed by atoms with Crippen LogP contribution in [0.3, 0.4) is 0 Å². The first-order valence-electron chi connectivity index (χ1n) is 6.88. The van der Waals surface area contributed by atoms with Crippen molar-refractivity contribution in [3.63, 3.8) is 0 Å². The molecule has 0 saturated heterocycles. The second-order valence-corrected chi connectivity index (χ2v) is 4.96. The van der Waals surface area contributed by atoms with Gasteiger partial charge in [-0.2, -0.15) is 0 Å². The summed E-state index contributed by atoms with van der Waals surface area (Å²) in [4.78, 5) is 17.3. The predicted molar refractivity (Wildman–Crippen MR) is 89.2 cm³/mol. The molecular weight excluding hydrogens is 278 g/mol. The fourth-order valence-corrected chi connectivity index (χ4v) is 1.85. The Bertz CT molecular complexity index is 664. The molecule has 114 valence electrons. The molecule has 0 unspecified atom stereocenters. The molecule has 0 saturated carbocycles. The van der Waals surface area contributed by atoms with Gasteiger partial charge in [-0.25, -0.2) is 0 Å². The van der Waals surface area contributed by atoms with Gasteiger partial charge < -0.3 is 15.4 Å². The van der Waals surface area contributed by atoms with E-state index >= 15 is 0 Å². The van der Waals surface area contributed by atoms with Gasteiger partial charge in [0.15, 0.2) is 6.61 Å². The van der Waals surface area contributed by atoms with Crippen LogP contribution in [0.1, 0.15) is 5.56 Å². The molecule has 2 aromatic rings. The minimum Gasteiger partial charge on any atom is -0.483 e. The third-order valence-corrected chi connectivity index (χ3v) is 3.01. The summed E-state index contributed by atoms with van der Waals surface area (Å²) in [6.07, 6.45) is 1.71. The summed E-state index contributed by atoms with van der Waals surface area (Å²) in [5.41, 5.74) is 7.84. The molecule has 0 bridgehead atoms. The molecule has 2 N–H and O–H groups in total. The third-order valence-electron chi connectivity index (χ3n) is 3.01. The Morgan fingerprint density at radius 1 is 1.18 bits per heavy atom. The molecule has 0 atom stereocenters. The van der Waals surface area contributed by atoms with E-state index in [2.05, 4.69) is 4.99 Å². The van der Waals surface area contributed by atoms with Crippen molar-refractivity contribution in [2.75, 3.05) is 25.6 Å². The highest BCUT2D eigenvalue weighted by atomic mass is 16.5. The van der Waals surface area contributed by atoms with Gasteiger partial charge in [0.25, 0.3) is 5.91 Å². The van der Waals surface area contributed by atoms with E-state index in [1.54, 1.807) is 12.3 Å². The van der Waals surface area contributed by atoms with E-state index in [1.807, 2.05) is 61.5 Å². The fraction of sp³-hybridized carbons (Fsp3) is 0.176. The predicted octanol–water partition coefficient (Wildman–Crippen LogP) is 2.37. The Balaban J connectivity index is 2.14. The highest BCUT2D eigenvalue weighted by Crippen LogP contribution is 2.20. The summed E-state index contributed by atoms with van der Waals surface area (Å²) in [5.74, 6) is 0.0703.